The lowest BCUT2D eigenvalue weighted by molar-refractivity contribution is -0.138. The summed E-state index contributed by atoms with van der Waals surface area (Å²) in [5.74, 6) is -0.438. The number of imidazole rings is 1. The number of benzene rings is 1. The Morgan fingerprint density at radius 1 is 1.36 bits per heavy atom. The van der Waals surface area contributed by atoms with E-state index in [-0.39, 0.29) is 37.1 Å². The molecule has 2 rings (SSSR count). The first-order chi connectivity index (χ1) is 11.9. The quantitative estimate of drug-likeness (QED) is 0.432. The third-order valence-corrected chi connectivity index (χ3v) is 3.21. The number of carboxylic acids is 1. The van der Waals surface area contributed by atoms with Crippen LogP contribution in [0.25, 0.3) is 0 Å². The summed E-state index contributed by atoms with van der Waals surface area (Å²) in [5, 5.41) is 12.5. The number of alkyl halides is 3. The van der Waals surface area contributed by atoms with Crippen LogP contribution >= 0.6 is 0 Å². The first-order valence-corrected chi connectivity index (χ1v) is 7.43. The summed E-state index contributed by atoms with van der Waals surface area (Å²) >= 11 is 0. The summed E-state index contributed by atoms with van der Waals surface area (Å²) in [6.45, 7) is 0.0485. The van der Waals surface area contributed by atoms with Crippen molar-refractivity contribution in [2.24, 2.45) is 5.16 Å². The summed E-state index contributed by atoms with van der Waals surface area (Å²) < 4.78 is 38.7. The standard InChI is InChI=1S/C16H16F3N3O3/c17-16(18,19)12-4-1-3-11(9-12)13(10-14-20-6-7-21-14)22-25-8-2-5-15(23)24/h1,3-4,6-7,9H,2,5,8,10H2,(H,20,21)(H,23,24). The topological polar surface area (TPSA) is 87.6 Å². The fourth-order valence-electron chi connectivity index (χ4n) is 2.03. The van der Waals surface area contributed by atoms with Crippen molar-refractivity contribution < 1.29 is 27.9 Å². The van der Waals surface area contributed by atoms with Gasteiger partial charge >= 0.3 is 12.1 Å². The summed E-state index contributed by atoms with van der Waals surface area (Å²) in [5.41, 5.74) is -0.274. The molecule has 0 unspecified atom stereocenters. The van der Waals surface area contributed by atoms with Gasteiger partial charge in [-0.25, -0.2) is 4.98 Å². The van der Waals surface area contributed by atoms with E-state index in [0.29, 0.717) is 5.82 Å². The van der Waals surface area contributed by atoms with Crippen molar-refractivity contribution in [2.75, 3.05) is 6.61 Å². The molecule has 2 N–H and O–H groups in total. The molecule has 0 aliphatic carbocycles. The molecule has 0 spiro atoms. The third-order valence-electron chi connectivity index (χ3n) is 3.21. The second kappa shape index (κ2) is 8.32. The highest BCUT2D eigenvalue weighted by Crippen LogP contribution is 2.29. The Kier molecular flexibility index (Phi) is 6.15. The van der Waals surface area contributed by atoms with E-state index < -0.39 is 17.7 Å². The van der Waals surface area contributed by atoms with Crippen molar-refractivity contribution >= 4 is 11.7 Å². The average Bonchev–Trinajstić information content (AvgIpc) is 3.05. The maximum absolute atomic E-state index is 12.9. The molecule has 0 saturated heterocycles. The minimum atomic E-state index is -4.46. The second-order valence-electron chi connectivity index (χ2n) is 5.16. The Labute approximate surface area is 141 Å². The molecule has 0 amide bonds. The van der Waals surface area contributed by atoms with Gasteiger partial charge in [-0.15, -0.1) is 0 Å². The summed E-state index contributed by atoms with van der Waals surface area (Å²) in [4.78, 5) is 22.4. The number of nitrogens with one attached hydrogen (secondary N) is 1. The van der Waals surface area contributed by atoms with Crippen LogP contribution in [0.2, 0.25) is 0 Å². The SMILES string of the molecule is O=C(O)CCCON=C(Cc1ncc[nH]1)c1cccc(C(F)(F)F)c1. The third kappa shape index (κ3) is 5.94. The second-order valence-corrected chi connectivity index (χ2v) is 5.16. The molecule has 0 atom stereocenters. The molecule has 0 radical (unpaired) electrons. The van der Waals surface area contributed by atoms with Crippen molar-refractivity contribution in [3.8, 4) is 0 Å². The lowest BCUT2D eigenvalue weighted by atomic mass is 10.0. The molecular weight excluding hydrogens is 339 g/mol. The highest BCUT2D eigenvalue weighted by atomic mass is 19.4. The number of aromatic nitrogens is 2. The Hall–Kier alpha value is -2.84. The van der Waals surface area contributed by atoms with Crippen molar-refractivity contribution in [1.29, 1.82) is 0 Å². The molecule has 0 saturated carbocycles. The zero-order valence-corrected chi connectivity index (χ0v) is 13.1. The molecule has 1 aromatic heterocycles. The van der Waals surface area contributed by atoms with Gasteiger partial charge in [0, 0.05) is 24.4 Å². The van der Waals surface area contributed by atoms with Gasteiger partial charge in [0.25, 0.3) is 0 Å². The predicted octanol–water partition coefficient (Wildman–Crippen LogP) is 3.26. The maximum Gasteiger partial charge on any atom is 0.416 e. The zero-order chi connectivity index (χ0) is 18.3. The van der Waals surface area contributed by atoms with E-state index in [1.54, 1.807) is 6.20 Å². The van der Waals surface area contributed by atoms with Gasteiger partial charge in [-0.1, -0.05) is 17.3 Å². The summed E-state index contributed by atoms with van der Waals surface area (Å²) in [6, 6.07) is 4.75. The Morgan fingerprint density at radius 2 is 2.16 bits per heavy atom. The summed E-state index contributed by atoms with van der Waals surface area (Å²) in [6.07, 6.45) is -1.04. The number of hydrogen-bond donors (Lipinski definition) is 2. The number of aliphatic carboxylic acids is 1. The molecular formula is C16H16F3N3O3. The van der Waals surface area contributed by atoms with Crippen LogP contribution in [0.4, 0.5) is 13.2 Å². The maximum atomic E-state index is 12.9. The Balaban J connectivity index is 2.17. The molecule has 9 heteroatoms. The van der Waals surface area contributed by atoms with Crippen LogP contribution in [0.1, 0.15) is 29.8 Å². The van der Waals surface area contributed by atoms with E-state index in [1.807, 2.05) is 0 Å². The van der Waals surface area contributed by atoms with Crippen LogP contribution in [-0.2, 0) is 22.2 Å². The molecule has 2 aromatic rings. The number of nitrogens with zero attached hydrogens (tertiary/aromatic N) is 2. The minimum absolute atomic E-state index is 0.0485. The fourth-order valence-corrected chi connectivity index (χ4v) is 2.03. The first kappa shape index (κ1) is 18.5. The van der Waals surface area contributed by atoms with Gasteiger partial charge in [0.1, 0.15) is 12.4 Å². The van der Waals surface area contributed by atoms with Gasteiger partial charge in [-0.2, -0.15) is 13.2 Å². The van der Waals surface area contributed by atoms with Gasteiger partial charge in [0.05, 0.1) is 17.7 Å². The molecule has 1 heterocycles. The van der Waals surface area contributed by atoms with Crippen LogP contribution in [-0.4, -0.2) is 33.4 Å². The largest absolute Gasteiger partial charge is 0.481 e. The predicted molar refractivity (Wildman–Crippen MR) is 83.1 cm³/mol. The molecule has 0 bridgehead atoms. The number of carboxylic acid groups (broad SMARTS) is 1. The smallest absolute Gasteiger partial charge is 0.416 e. The van der Waals surface area contributed by atoms with E-state index in [2.05, 4.69) is 15.1 Å². The summed E-state index contributed by atoms with van der Waals surface area (Å²) in [7, 11) is 0. The van der Waals surface area contributed by atoms with Crippen LogP contribution in [0, 0.1) is 0 Å². The van der Waals surface area contributed by atoms with Gasteiger partial charge in [0.15, 0.2) is 0 Å². The Bertz CT molecular complexity index is 728. The molecule has 0 aliphatic rings. The number of aromatic amines is 1. The molecule has 1 aromatic carbocycles. The lowest BCUT2D eigenvalue weighted by Crippen LogP contribution is -2.11. The van der Waals surface area contributed by atoms with E-state index >= 15 is 0 Å². The number of halogens is 3. The number of rotatable bonds is 8. The highest BCUT2D eigenvalue weighted by Gasteiger charge is 2.30. The molecule has 0 fully saturated rings. The van der Waals surface area contributed by atoms with Crippen molar-refractivity contribution in [2.45, 2.75) is 25.4 Å². The van der Waals surface area contributed by atoms with Crippen LogP contribution in [0.15, 0.2) is 41.8 Å². The normalized spacial score (nSPS) is 12.2. The van der Waals surface area contributed by atoms with Crippen molar-refractivity contribution in [3.05, 3.63) is 53.6 Å². The minimum Gasteiger partial charge on any atom is -0.481 e. The van der Waals surface area contributed by atoms with Gasteiger partial charge in [-0.3, -0.25) is 4.79 Å². The number of hydrogen-bond acceptors (Lipinski definition) is 4. The first-order valence-electron chi connectivity index (χ1n) is 7.43. The highest BCUT2D eigenvalue weighted by molar-refractivity contribution is 6.01. The van der Waals surface area contributed by atoms with Gasteiger partial charge in [-0.05, 0) is 18.6 Å². The van der Waals surface area contributed by atoms with Crippen LogP contribution in [0.3, 0.4) is 0 Å². The van der Waals surface area contributed by atoms with E-state index in [0.717, 1.165) is 12.1 Å². The van der Waals surface area contributed by atoms with Crippen molar-refractivity contribution in [3.63, 3.8) is 0 Å². The molecule has 0 aliphatic heterocycles. The van der Waals surface area contributed by atoms with Gasteiger partial charge < -0.3 is 14.9 Å². The monoisotopic (exact) mass is 355 g/mol. The molecule has 134 valence electrons. The lowest BCUT2D eigenvalue weighted by Gasteiger charge is -2.10. The fraction of sp³-hybridized carbons (Fsp3) is 0.312. The zero-order valence-electron chi connectivity index (χ0n) is 13.1. The van der Waals surface area contributed by atoms with Crippen LogP contribution in [0.5, 0.6) is 0 Å². The number of oxime groups is 1. The van der Waals surface area contributed by atoms with Crippen molar-refractivity contribution in [1.82, 2.24) is 9.97 Å². The molecule has 6 nitrogen and oxygen atoms in total. The number of H-pyrrole nitrogens is 1. The van der Waals surface area contributed by atoms with E-state index in [9.17, 15) is 18.0 Å². The van der Waals surface area contributed by atoms with Crippen LogP contribution < -0.4 is 0 Å². The van der Waals surface area contributed by atoms with E-state index in [1.165, 1.54) is 18.3 Å². The van der Waals surface area contributed by atoms with Gasteiger partial charge in [0.2, 0.25) is 0 Å². The average molecular weight is 355 g/mol. The number of carbonyl (C=O) groups is 1. The molecule has 25 heavy (non-hydrogen) atoms. The Morgan fingerprint density at radius 3 is 2.80 bits per heavy atom. The van der Waals surface area contributed by atoms with E-state index in [4.69, 9.17) is 9.94 Å².